The fourth-order valence-corrected chi connectivity index (χ4v) is 1.58. The summed E-state index contributed by atoms with van der Waals surface area (Å²) in [5.41, 5.74) is 2.24. The lowest BCUT2D eigenvalue weighted by atomic mass is 10.0. The first-order chi connectivity index (χ1) is 8.69. The molecule has 2 rings (SSSR count). The number of rotatable bonds is 3. The van der Waals surface area contributed by atoms with Gasteiger partial charge in [0.1, 0.15) is 11.9 Å². The van der Waals surface area contributed by atoms with Crippen LogP contribution in [0.4, 0.5) is 11.5 Å². The zero-order valence-corrected chi connectivity index (χ0v) is 10.4. The summed E-state index contributed by atoms with van der Waals surface area (Å²) in [4.78, 5) is 7.89. The second kappa shape index (κ2) is 5.28. The highest BCUT2D eigenvalue weighted by atomic mass is 15.0. The van der Waals surface area contributed by atoms with Crippen molar-refractivity contribution < 1.29 is 0 Å². The van der Waals surface area contributed by atoms with Crippen molar-refractivity contribution in [2.45, 2.75) is 19.8 Å². The second-order valence-corrected chi connectivity index (χ2v) is 4.28. The predicted octanol–water partition coefficient (Wildman–Crippen LogP) is 3.22. The highest BCUT2D eigenvalue weighted by Gasteiger charge is 2.01. The number of benzene rings is 1. The fourth-order valence-electron chi connectivity index (χ4n) is 1.58. The Balaban J connectivity index is 2.16. The van der Waals surface area contributed by atoms with Gasteiger partial charge in [-0.2, -0.15) is 5.26 Å². The number of nitrogens with zero attached hydrogens (tertiary/aromatic N) is 3. The first-order valence-corrected chi connectivity index (χ1v) is 5.79. The van der Waals surface area contributed by atoms with Crippen LogP contribution in [-0.4, -0.2) is 9.97 Å². The van der Waals surface area contributed by atoms with Crippen molar-refractivity contribution >= 4 is 11.5 Å². The third-order valence-corrected chi connectivity index (χ3v) is 2.61. The molecular formula is C14H14N4. The number of nitrogens with one attached hydrogen (secondary N) is 1. The largest absolute Gasteiger partial charge is 0.340 e. The molecule has 0 saturated heterocycles. The van der Waals surface area contributed by atoms with Crippen LogP contribution in [0, 0.1) is 11.3 Å². The molecule has 4 nitrogen and oxygen atoms in total. The molecule has 0 unspecified atom stereocenters. The SMILES string of the molecule is CC(C)c1ccc(Nc2ccnc(C#N)n2)cc1. The van der Waals surface area contributed by atoms with Crippen molar-refractivity contribution in [1.29, 1.82) is 5.26 Å². The molecule has 0 radical (unpaired) electrons. The Morgan fingerprint density at radius 2 is 1.89 bits per heavy atom. The number of anilines is 2. The molecule has 1 N–H and O–H groups in total. The van der Waals surface area contributed by atoms with Crippen LogP contribution in [0.2, 0.25) is 0 Å². The Labute approximate surface area is 106 Å². The van der Waals surface area contributed by atoms with Crippen molar-refractivity contribution in [1.82, 2.24) is 9.97 Å². The summed E-state index contributed by atoms with van der Waals surface area (Å²) >= 11 is 0. The topological polar surface area (TPSA) is 61.6 Å². The standard InChI is InChI=1S/C14H14N4/c1-10(2)11-3-5-12(6-4-11)17-13-7-8-16-14(9-15)18-13/h3-8,10H,1-2H3,(H,16,17,18). The summed E-state index contributed by atoms with van der Waals surface area (Å²) in [7, 11) is 0. The smallest absolute Gasteiger partial charge is 0.234 e. The molecule has 0 atom stereocenters. The first kappa shape index (κ1) is 12.1. The molecule has 2 aromatic rings. The Hall–Kier alpha value is -2.41. The van der Waals surface area contributed by atoms with E-state index in [1.165, 1.54) is 5.56 Å². The van der Waals surface area contributed by atoms with E-state index in [1.807, 2.05) is 18.2 Å². The van der Waals surface area contributed by atoms with Crippen LogP contribution in [0.1, 0.15) is 31.2 Å². The Morgan fingerprint density at radius 3 is 2.50 bits per heavy atom. The van der Waals surface area contributed by atoms with E-state index in [2.05, 4.69) is 41.3 Å². The van der Waals surface area contributed by atoms with E-state index in [4.69, 9.17) is 5.26 Å². The van der Waals surface area contributed by atoms with Gasteiger partial charge < -0.3 is 5.32 Å². The quantitative estimate of drug-likeness (QED) is 0.891. The molecule has 0 bridgehead atoms. The van der Waals surface area contributed by atoms with Crippen LogP contribution in [0.5, 0.6) is 0 Å². The molecule has 0 aliphatic heterocycles. The van der Waals surface area contributed by atoms with E-state index in [0.717, 1.165) is 5.69 Å². The van der Waals surface area contributed by atoms with E-state index in [-0.39, 0.29) is 5.82 Å². The summed E-state index contributed by atoms with van der Waals surface area (Å²) in [5, 5.41) is 11.9. The van der Waals surface area contributed by atoms with Crippen molar-refractivity contribution in [3.05, 3.63) is 47.9 Å². The molecule has 0 amide bonds. The highest BCUT2D eigenvalue weighted by Crippen LogP contribution is 2.19. The average molecular weight is 238 g/mol. The molecule has 4 heteroatoms. The molecule has 0 spiro atoms. The molecule has 1 aromatic carbocycles. The van der Waals surface area contributed by atoms with Gasteiger partial charge in [-0.05, 0) is 29.7 Å². The lowest BCUT2D eigenvalue weighted by Gasteiger charge is -2.08. The van der Waals surface area contributed by atoms with Crippen molar-refractivity contribution in [3.63, 3.8) is 0 Å². The Morgan fingerprint density at radius 1 is 1.17 bits per heavy atom. The molecule has 1 aromatic heterocycles. The summed E-state index contributed by atoms with van der Waals surface area (Å²) in [6.45, 7) is 4.32. The molecule has 0 saturated carbocycles. The maximum Gasteiger partial charge on any atom is 0.234 e. The summed E-state index contributed by atoms with van der Waals surface area (Å²) in [6.07, 6.45) is 1.57. The van der Waals surface area contributed by atoms with E-state index in [9.17, 15) is 0 Å². The minimum absolute atomic E-state index is 0.166. The number of hydrogen-bond donors (Lipinski definition) is 1. The Kier molecular flexibility index (Phi) is 3.54. The molecule has 0 aliphatic carbocycles. The summed E-state index contributed by atoms with van der Waals surface area (Å²) < 4.78 is 0. The van der Waals surface area contributed by atoms with E-state index < -0.39 is 0 Å². The molecule has 18 heavy (non-hydrogen) atoms. The summed E-state index contributed by atoms with van der Waals surface area (Å²) in [5.74, 6) is 1.31. The number of aromatic nitrogens is 2. The van der Waals surface area contributed by atoms with E-state index in [0.29, 0.717) is 11.7 Å². The van der Waals surface area contributed by atoms with Gasteiger partial charge in [-0.3, -0.25) is 0 Å². The van der Waals surface area contributed by atoms with Crippen molar-refractivity contribution in [3.8, 4) is 6.07 Å². The van der Waals surface area contributed by atoms with Gasteiger partial charge in [0.05, 0.1) is 0 Å². The second-order valence-electron chi connectivity index (χ2n) is 4.28. The zero-order valence-electron chi connectivity index (χ0n) is 10.4. The van der Waals surface area contributed by atoms with Gasteiger partial charge in [0.25, 0.3) is 0 Å². The predicted molar refractivity (Wildman–Crippen MR) is 70.6 cm³/mol. The lowest BCUT2D eigenvalue weighted by molar-refractivity contribution is 0.867. The van der Waals surface area contributed by atoms with Gasteiger partial charge in [-0.25, -0.2) is 9.97 Å². The van der Waals surface area contributed by atoms with Crippen LogP contribution in [0.15, 0.2) is 36.5 Å². The molecular weight excluding hydrogens is 224 g/mol. The van der Waals surface area contributed by atoms with Gasteiger partial charge in [0.2, 0.25) is 5.82 Å². The van der Waals surface area contributed by atoms with Crippen molar-refractivity contribution in [2.24, 2.45) is 0 Å². The minimum Gasteiger partial charge on any atom is -0.340 e. The normalized spacial score (nSPS) is 10.1. The van der Waals surface area contributed by atoms with E-state index >= 15 is 0 Å². The third-order valence-electron chi connectivity index (χ3n) is 2.61. The maximum absolute atomic E-state index is 8.72. The summed E-state index contributed by atoms with van der Waals surface area (Å²) in [6, 6.07) is 11.8. The molecule has 1 heterocycles. The Bertz CT molecular complexity index is 567. The molecule has 0 fully saturated rings. The van der Waals surface area contributed by atoms with Gasteiger partial charge in [-0.1, -0.05) is 26.0 Å². The number of nitriles is 1. The number of hydrogen-bond acceptors (Lipinski definition) is 4. The maximum atomic E-state index is 8.72. The van der Waals surface area contributed by atoms with Gasteiger partial charge in [0.15, 0.2) is 0 Å². The highest BCUT2D eigenvalue weighted by molar-refractivity contribution is 5.56. The lowest BCUT2D eigenvalue weighted by Crippen LogP contribution is -1.97. The van der Waals surface area contributed by atoms with Gasteiger partial charge in [-0.15, -0.1) is 0 Å². The van der Waals surface area contributed by atoms with Gasteiger partial charge in [0, 0.05) is 11.9 Å². The van der Waals surface area contributed by atoms with Crippen LogP contribution in [0.3, 0.4) is 0 Å². The third kappa shape index (κ3) is 2.83. The van der Waals surface area contributed by atoms with Crippen LogP contribution < -0.4 is 5.32 Å². The van der Waals surface area contributed by atoms with Crippen LogP contribution in [0.25, 0.3) is 0 Å². The molecule has 0 aliphatic rings. The monoisotopic (exact) mass is 238 g/mol. The first-order valence-electron chi connectivity index (χ1n) is 5.79. The zero-order chi connectivity index (χ0) is 13.0. The van der Waals surface area contributed by atoms with Crippen LogP contribution in [-0.2, 0) is 0 Å². The van der Waals surface area contributed by atoms with Crippen molar-refractivity contribution in [2.75, 3.05) is 5.32 Å². The van der Waals surface area contributed by atoms with Crippen LogP contribution >= 0.6 is 0 Å². The fraction of sp³-hybridized carbons (Fsp3) is 0.214. The van der Waals surface area contributed by atoms with Gasteiger partial charge >= 0.3 is 0 Å². The average Bonchev–Trinajstić information content (AvgIpc) is 2.39. The minimum atomic E-state index is 0.166. The van der Waals surface area contributed by atoms with E-state index in [1.54, 1.807) is 12.3 Å². The molecule has 90 valence electrons.